The Bertz CT molecular complexity index is 1360. The number of aryl methyl sites for hydroxylation is 3. The molecule has 2 unspecified atom stereocenters. The van der Waals surface area contributed by atoms with Gasteiger partial charge in [-0.05, 0) is 101 Å². The predicted octanol–water partition coefficient (Wildman–Crippen LogP) is 7.41. The Kier molecular flexibility index (Phi) is 10.9. The summed E-state index contributed by atoms with van der Waals surface area (Å²) in [5, 5.41) is 4.44. The molecule has 0 bridgehead atoms. The van der Waals surface area contributed by atoms with E-state index in [0.29, 0.717) is 16.7 Å². The molecular formula is C33H41ClN4O3S. The lowest BCUT2D eigenvalue weighted by Gasteiger charge is -2.35. The van der Waals surface area contributed by atoms with Gasteiger partial charge >= 0.3 is 6.09 Å². The number of amides is 2. The van der Waals surface area contributed by atoms with Crippen LogP contribution in [0.3, 0.4) is 0 Å². The van der Waals surface area contributed by atoms with Crippen molar-refractivity contribution in [1.82, 2.24) is 20.2 Å². The van der Waals surface area contributed by atoms with Crippen LogP contribution in [0.2, 0.25) is 5.02 Å². The lowest BCUT2D eigenvalue weighted by molar-refractivity contribution is -0.119. The topological polar surface area (TPSA) is 84.4 Å². The molecule has 9 heteroatoms. The third kappa shape index (κ3) is 9.20. The van der Waals surface area contributed by atoms with E-state index in [-0.39, 0.29) is 29.8 Å². The fraction of sp³-hybridized carbons (Fsp3) is 0.455. The molecule has 1 aromatic heterocycles. The first-order chi connectivity index (χ1) is 20.0. The summed E-state index contributed by atoms with van der Waals surface area (Å²) in [7, 11) is 0. The zero-order valence-electron chi connectivity index (χ0n) is 25.2. The van der Waals surface area contributed by atoms with Crippen molar-refractivity contribution in [3.05, 3.63) is 76.6 Å². The Hall–Kier alpha value is -3.10. The van der Waals surface area contributed by atoms with Crippen LogP contribution in [-0.2, 0) is 16.0 Å². The molecule has 4 rings (SSSR count). The van der Waals surface area contributed by atoms with Crippen LogP contribution in [0.4, 0.5) is 4.79 Å². The van der Waals surface area contributed by atoms with E-state index in [2.05, 4.69) is 47.3 Å². The van der Waals surface area contributed by atoms with Crippen LogP contribution in [0.15, 0.2) is 60.0 Å². The van der Waals surface area contributed by atoms with Gasteiger partial charge in [0.05, 0.1) is 11.8 Å². The van der Waals surface area contributed by atoms with E-state index in [1.54, 1.807) is 12.4 Å². The minimum atomic E-state index is -0.604. The zero-order valence-corrected chi connectivity index (χ0v) is 26.7. The van der Waals surface area contributed by atoms with Gasteiger partial charge in [-0.15, -0.1) is 0 Å². The van der Waals surface area contributed by atoms with Crippen molar-refractivity contribution in [1.29, 1.82) is 0 Å². The molecule has 1 fully saturated rings. The van der Waals surface area contributed by atoms with E-state index >= 15 is 0 Å². The SMILES string of the molecule is Cc1ccc(-c2cnc(SCC(=O)NC3CCCC3N(CCCc3ccc(Cl)cc3)C(=O)OC(C)(C)C)nc2)cc1C. The third-order valence-corrected chi connectivity index (χ3v) is 8.56. The molecule has 1 heterocycles. The number of hydrogen-bond acceptors (Lipinski definition) is 6. The van der Waals surface area contributed by atoms with Gasteiger partial charge in [0.25, 0.3) is 0 Å². The number of aromatic nitrogens is 2. The van der Waals surface area contributed by atoms with Crippen LogP contribution in [0.5, 0.6) is 0 Å². The van der Waals surface area contributed by atoms with Crippen molar-refractivity contribution in [2.24, 2.45) is 0 Å². The molecule has 224 valence electrons. The number of carbonyl (C=O) groups excluding carboxylic acids is 2. The molecule has 42 heavy (non-hydrogen) atoms. The molecule has 1 aliphatic rings. The summed E-state index contributed by atoms with van der Waals surface area (Å²) in [5.74, 6) is 0.110. The molecule has 7 nitrogen and oxygen atoms in total. The molecule has 3 aromatic rings. The molecule has 1 saturated carbocycles. The number of nitrogens with one attached hydrogen (secondary N) is 1. The maximum atomic E-state index is 13.3. The van der Waals surface area contributed by atoms with Crippen molar-refractivity contribution in [3.63, 3.8) is 0 Å². The van der Waals surface area contributed by atoms with Gasteiger partial charge in [0.1, 0.15) is 5.60 Å². The van der Waals surface area contributed by atoms with Crippen LogP contribution in [0.1, 0.15) is 63.1 Å². The number of benzene rings is 2. The Morgan fingerprint density at radius 3 is 2.40 bits per heavy atom. The van der Waals surface area contributed by atoms with Crippen LogP contribution < -0.4 is 5.32 Å². The quantitative estimate of drug-likeness (QED) is 0.190. The van der Waals surface area contributed by atoms with Crippen LogP contribution in [-0.4, -0.2) is 56.9 Å². The van der Waals surface area contributed by atoms with E-state index in [9.17, 15) is 9.59 Å². The molecule has 0 radical (unpaired) electrons. The van der Waals surface area contributed by atoms with Crippen molar-refractivity contribution in [2.75, 3.05) is 12.3 Å². The number of nitrogens with zero attached hydrogens (tertiary/aromatic N) is 3. The van der Waals surface area contributed by atoms with Gasteiger partial charge in [0.2, 0.25) is 5.91 Å². The Labute approximate surface area is 258 Å². The monoisotopic (exact) mass is 608 g/mol. The van der Waals surface area contributed by atoms with E-state index < -0.39 is 5.60 Å². The lowest BCUT2D eigenvalue weighted by Crippen LogP contribution is -2.52. The van der Waals surface area contributed by atoms with Crippen molar-refractivity contribution in [3.8, 4) is 11.1 Å². The molecular weight excluding hydrogens is 568 g/mol. The Morgan fingerprint density at radius 1 is 1.02 bits per heavy atom. The first-order valence-corrected chi connectivity index (χ1v) is 15.9. The van der Waals surface area contributed by atoms with Gasteiger partial charge in [-0.2, -0.15) is 0 Å². The van der Waals surface area contributed by atoms with Gasteiger partial charge in [0.15, 0.2) is 5.16 Å². The fourth-order valence-corrected chi connectivity index (χ4v) is 5.86. The predicted molar refractivity (Wildman–Crippen MR) is 170 cm³/mol. The Balaban J connectivity index is 1.34. The van der Waals surface area contributed by atoms with Crippen molar-refractivity contribution >= 4 is 35.4 Å². The minimum absolute atomic E-state index is 0.0935. The summed E-state index contributed by atoms with van der Waals surface area (Å²) in [4.78, 5) is 37.0. The average Bonchev–Trinajstić information content (AvgIpc) is 3.39. The molecule has 2 amide bonds. The minimum Gasteiger partial charge on any atom is -0.444 e. The largest absolute Gasteiger partial charge is 0.444 e. The van der Waals surface area contributed by atoms with Gasteiger partial charge in [0, 0.05) is 35.6 Å². The molecule has 0 aliphatic heterocycles. The van der Waals surface area contributed by atoms with E-state index in [4.69, 9.17) is 16.3 Å². The average molecular weight is 609 g/mol. The first-order valence-electron chi connectivity index (χ1n) is 14.5. The maximum Gasteiger partial charge on any atom is 0.410 e. The summed E-state index contributed by atoms with van der Waals surface area (Å²) in [5.41, 5.74) is 5.05. The highest BCUT2D eigenvalue weighted by Crippen LogP contribution is 2.27. The second-order valence-corrected chi connectivity index (χ2v) is 13.3. The highest BCUT2D eigenvalue weighted by atomic mass is 35.5. The van der Waals surface area contributed by atoms with Gasteiger partial charge in [-0.1, -0.05) is 53.7 Å². The molecule has 1 N–H and O–H groups in total. The van der Waals surface area contributed by atoms with E-state index in [1.807, 2.05) is 49.9 Å². The van der Waals surface area contributed by atoms with E-state index in [0.717, 1.165) is 43.2 Å². The summed E-state index contributed by atoms with van der Waals surface area (Å²) in [6.07, 6.45) is 7.43. The molecule has 0 saturated heterocycles. The highest BCUT2D eigenvalue weighted by molar-refractivity contribution is 7.99. The molecule has 1 aliphatic carbocycles. The molecule has 2 atom stereocenters. The first kappa shape index (κ1) is 31.8. The maximum absolute atomic E-state index is 13.3. The standard InChI is InChI=1S/C33H41ClN4O3S/c1-22-11-14-25(18-23(22)2)26-19-35-31(36-20-26)42-21-30(39)37-28-9-6-10-29(28)38(32(40)41-33(3,4)5)17-7-8-24-12-15-27(34)16-13-24/h11-16,18-20,28-29H,6-10,17,21H2,1-5H3,(H,37,39). The summed E-state index contributed by atoms with van der Waals surface area (Å²) >= 11 is 7.33. The zero-order chi connectivity index (χ0) is 30.3. The summed E-state index contributed by atoms with van der Waals surface area (Å²) in [6, 6.07) is 13.8. The number of halogens is 1. The second kappa shape index (κ2) is 14.4. The number of thioether (sulfide) groups is 1. The second-order valence-electron chi connectivity index (χ2n) is 11.9. The smallest absolute Gasteiger partial charge is 0.410 e. The van der Waals surface area contributed by atoms with E-state index in [1.165, 1.54) is 28.5 Å². The summed E-state index contributed by atoms with van der Waals surface area (Å²) < 4.78 is 5.78. The van der Waals surface area contributed by atoms with Crippen LogP contribution in [0.25, 0.3) is 11.1 Å². The van der Waals surface area contributed by atoms with Crippen molar-refractivity contribution < 1.29 is 14.3 Å². The van der Waals surface area contributed by atoms with Gasteiger partial charge < -0.3 is 15.0 Å². The normalized spacial score (nSPS) is 16.7. The number of carbonyl (C=O) groups is 2. The number of rotatable bonds is 10. The van der Waals surface area contributed by atoms with Gasteiger partial charge in [-0.3, -0.25) is 4.79 Å². The Morgan fingerprint density at radius 2 is 1.74 bits per heavy atom. The van der Waals surface area contributed by atoms with Gasteiger partial charge in [-0.25, -0.2) is 14.8 Å². The lowest BCUT2D eigenvalue weighted by atomic mass is 10.0. The molecule has 0 spiro atoms. The van der Waals surface area contributed by atoms with Crippen molar-refractivity contribution in [2.45, 2.75) is 89.6 Å². The van der Waals surface area contributed by atoms with Crippen LogP contribution >= 0.6 is 23.4 Å². The fourth-order valence-electron chi connectivity index (χ4n) is 5.14. The number of hydrogen-bond donors (Lipinski definition) is 1. The number of ether oxygens (including phenoxy) is 1. The third-order valence-electron chi connectivity index (χ3n) is 7.43. The summed E-state index contributed by atoms with van der Waals surface area (Å²) in [6.45, 7) is 10.3. The van der Waals surface area contributed by atoms with Crippen LogP contribution in [0, 0.1) is 13.8 Å². The highest BCUT2D eigenvalue weighted by Gasteiger charge is 2.37. The molecule has 2 aromatic carbocycles.